The number of carbonyl (C=O) groups is 1. The van der Waals surface area contributed by atoms with Crippen LogP contribution in [0.4, 0.5) is 5.69 Å². The molecule has 1 atom stereocenters. The van der Waals surface area contributed by atoms with E-state index in [0.717, 1.165) is 17.1 Å². The normalized spacial score (nSPS) is 22.4. The third kappa shape index (κ3) is 3.45. The number of hydrogen-bond acceptors (Lipinski definition) is 5. The summed E-state index contributed by atoms with van der Waals surface area (Å²) < 4.78 is 28.5. The lowest BCUT2D eigenvalue weighted by Crippen LogP contribution is -2.48. The molecule has 3 aliphatic rings. The summed E-state index contributed by atoms with van der Waals surface area (Å²) in [6, 6.07) is 13.8. The van der Waals surface area contributed by atoms with E-state index in [1.165, 1.54) is 5.56 Å². The number of carbonyl (C=O) groups excluding carboxylic acids is 1. The molecule has 8 heteroatoms. The monoisotopic (exact) mass is 443 g/mol. The van der Waals surface area contributed by atoms with Crippen molar-refractivity contribution in [3.63, 3.8) is 0 Å². The van der Waals surface area contributed by atoms with Gasteiger partial charge in [-0.15, -0.1) is 11.8 Å². The highest BCUT2D eigenvalue weighted by Crippen LogP contribution is 2.46. The minimum absolute atomic E-state index is 0.00808. The van der Waals surface area contributed by atoms with E-state index < -0.39 is 10.0 Å². The van der Waals surface area contributed by atoms with Gasteiger partial charge < -0.3 is 4.90 Å². The zero-order valence-electron chi connectivity index (χ0n) is 17.0. The molecule has 0 saturated carbocycles. The van der Waals surface area contributed by atoms with Crippen molar-refractivity contribution >= 4 is 33.4 Å². The van der Waals surface area contributed by atoms with Crippen LogP contribution in [0, 0.1) is 0 Å². The number of anilines is 1. The van der Waals surface area contributed by atoms with Gasteiger partial charge in [0.15, 0.2) is 0 Å². The molecule has 1 saturated heterocycles. The predicted molar refractivity (Wildman–Crippen MR) is 118 cm³/mol. The van der Waals surface area contributed by atoms with Crippen LogP contribution in [0.5, 0.6) is 0 Å². The van der Waals surface area contributed by atoms with Gasteiger partial charge in [-0.25, -0.2) is 8.42 Å². The molecule has 158 valence electrons. The van der Waals surface area contributed by atoms with E-state index in [2.05, 4.69) is 24.0 Å². The molecular formula is C22H25N3O3S2. The number of piperazine rings is 1. The van der Waals surface area contributed by atoms with E-state index in [9.17, 15) is 13.2 Å². The lowest BCUT2D eigenvalue weighted by Gasteiger charge is -2.34. The van der Waals surface area contributed by atoms with Crippen molar-refractivity contribution in [3.8, 4) is 0 Å². The van der Waals surface area contributed by atoms with Crippen LogP contribution < -0.4 is 4.90 Å². The van der Waals surface area contributed by atoms with Gasteiger partial charge in [0.05, 0.1) is 17.0 Å². The Morgan fingerprint density at radius 1 is 1.03 bits per heavy atom. The molecule has 2 aromatic rings. The van der Waals surface area contributed by atoms with Crippen LogP contribution in [0.2, 0.25) is 0 Å². The Kier molecular flexibility index (Phi) is 5.13. The van der Waals surface area contributed by atoms with Gasteiger partial charge in [0, 0.05) is 55.0 Å². The van der Waals surface area contributed by atoms with E-state index >= 15 is 0 Å². The number of hydrogen-bond donors (Lipinski definition) is 0. The van der Waals surface area contributed by atoms with Gasteiger partial charge in [0.25, 0.3) is 0 Å². The fraction of sp³-hybridized carbons (Fsp3) is 0.409. The molecule has 6 nitrogen and oxygen atoms in total. The highest BCUT2D eigenvalue weighted by molar-refractivity contribution is 8.00. The summed E-state index contributed by atoms with van der Waals surface area (Å²) in [4.78, 5) is 18.0. The van der Waals surface area contributed by atoms with Gasteiger partial charge >= 0.3 is 0 Å². The Morgan fingerprint density at radius 2 is 1.77 bits per heavy atom. The standard InChI is InChI=1S/C22H25N3O3S2/c1-16-14-25-21(26)13-18-20(8-7-19(29-16)22(18)25)30(27,28)24-11-9-23(10-12-24)15-17-5-3-2-4-6-17/h2-8,16H,9-15H2,1H3/t16-/m1/s1. The quantitative estimate of drug-likeness (QED) is 0.727. The Labute approximate surface area is 181 Å². The maximum atomic E-state index is 13.5. The molecule has 3 heterocycles. The Balaban J connectivity index is 1.37. The van der Waals surface area contributed by atoms with E-state index in [0.29, 0.717) is 48.4 Å². The fourth-order valence-corrected chi connectivity index (χ4v) is 7.38. The molecule has 5 rings (SSSR count). The van der Waals surface area contributed by atoms with E-state index in [4.69, 9.17) is 0 Å². The summed E-state index contributed by atoms with van der Waals surface area (Å²) in [5.74, 6) is 0.00808. The number of rotatable bonds is 4. The van der Waals surface area contributed by atoms with Gasteiger partial charge in [-0.05, 0) is 17.7 Å². The van der Waals surface area contributed by atoms with Gasteiger partial charge in [0.2, 0.25) is 15.9 Å². The first-order valence-corrected chi connectivity index (χ1v) is 12.6. The summed E-state index contributed by atoms with van der Waals surface area (Å²) in [6.45, 7) is 5.91. The Bertz CT molecular complexity index is 1080. The van der Waals surface area contributed by atoms with Gasteiger partial charge in [-0.3, -0.25) is 9.69 Å². The second-order valence-corrected chi connectivity index (χ2v) is 11.6. The maximum Gasteiger partial charge on any atom is 0.243 e. The van der Waals surface area contributed by atoms with E-state index in [-0.39, 0.29) is 12.3 Å². The highest BCUT2D eigenvalue weighted by Gasteiger charge is 2.40. The summed E-state index contributed by atoms with van der Waals surface area (Å²) in [5.41, 5.74) is 2.75. The van der Waals surface area contributed by atoms with Gasteiger partial charge in [0.1, 0.15) is 0 Å². The molecular weight excluding hydrogens is 418 g/mol. The van der Waals surface area contributed by atoms with E-state index in [1.807, 2.05) is 24.3 Å². The summed E-state index contributed by atoms with van der Waals surface area (Å²) >= 11 is 1.72. The molecule has 0 spiro atoms. The highest BCUT2D eigenvalue weighted by atomic mass is 32.2. The zero-order valence-corrected chi connectivity index (χ0v) is 18.6. The van der Waals surface area contributed by atoms with Crippen LogP contribution in [0.1, 0.15) is 18.1 Å². The van der Waals surface area contributed by atoms with E-state index in [1.54, 1.807) is 27.0 Å². The second-order valence-electron chi connectivity index (χ2n) is 8.16. The molecule has 0 N–H and O–H groups in total. The van der Waals surface area contributed by atoms with Gasteiger partial charge in [-0.2, -0.15) is 4.31 Å². The van der Waals surface area contributed by atoms with Crippen LogP contribution in [0.15, 0.2) is 52.3 Å². The number of sulfonamides is 1. The van der Waals surface area contributed by atoms with Crippen molar-refractivity contribution in [1.29, 1.82) is 0 Å². The van der Waals surface area contributed by atoms with Crippen molar-refractivity contribution in [2.24, 2.45) is 0 Å². The smallest absolute Gasteiger partial charge is 0.243 e. The molecule has 1 fully saturated rings. The van der Waals surface area contributed by atoms with Crippen LogP contribution in [-0.2, 0) is 27.8 Å². The lowest BCUT2D eigenvalue weighted by molar-refractivity contribution is -0.117. The van der Waals surface area contributed by atoms with Gasteiger partial charge in [-0.1, -0.05) is 37.3 Å². The summed E-state index contributed by atoms with van der Waals surface area (Å²) in [5, 5.41) is 0.313. The first-order valence-electron chi connectivity index (χ1n) is 10.3. The number of thioether (sulfide) groups is 1. The van der Waals surface area contributed by atoms with Crippen LogP contribution in [-0.4, -0.2) is 61.5 Å². The average molecular weight is 444 g/mol. The van der Waals surface area contributed by atoms with Crippen molar-refractivity contribution in [2.45, 2.75) is 34.9 Å². The minimum atomic E-state index is -3.63. The van der Waals surface area contributed by atoms with Crippen molar-refractivity contribution in [1.82, 2.24) is 9.21 Å². The molecule has 0 radical (unpaired) electrons. The van der Waals surface area contributed by atoms with Crippen molar-refractivity contribution < 1.29 is 13.2 Å². The molecule has 1 amide bonds. The second kappa shape index (κ2) is 7.67. The molecule has 0 unspecified atom stereocenters. The molecule has 0 bridgehead atoms. The predicted octanol–water partition coefficient (Wildman–Crippen LogP) is 2.58. The minimum Gasteiger partial charge on any atom is -0.310 e. The SMILES string of the molecule is C[C@@H]1CN2C(=O)Cc3c(S(=O)(=O)N4CCN(Cc5ccccc5)CC4)ccc(c32)S1. The fourth-order valence-electron chi connectivity index (χ4n) is 4.58. The first-order chi connectivity index (χ1) is 14.4. The topological polar surface area (TPSA) is 60.9 Å². The zero-order chi connectivity index (χ0) is 20.9. The largest absolute Gasteiger partial charge is 0.310 e. The number of nitrogens with zero attached hydrogens (tertiary/aromatic N) is 3. The molecule has 0 aliphatic carbocycles. The summed E-state index contributed by atoms with van der Waals surface area (Å²) in [6.07, 6.45) is 0.180. The number of benzene rings is 2. The van der Waals surface area contributed by atoms with Crippen LogP contribution >= 0.6 is 11.8 Å². The van der Waals surface area contributed by atoms with Crippen LogP contribution in [0.3, 0.4) is 0 Å². The third-order valence-corrected chi connectivity index (χ3v) is 9.19. The first kappa shape index (κ1) is 20.1. The Hall–Kier alpha value is -1.87. The third-order valence-electron chi connectivity index (χ3n) is 6.07. The Morgan fingerprint density at radius 3 is 2.50 bits per heavy atom. The molecule has 0 aromatic heterocycles. The molecule has 3 aliphatic heterocycles. The van der Waals surface area contributed by atoms with Crippen LogP contribution in [0.25, 0.3) is 0 Å². The molecule has 2 aromatic carbocycles. The maximum absolute atomic E-state index is 13.5. The van der Waals surface area contributed by atoms with Crippen molar-refractivity contribution in [3.05, 3.63) is 53.6 Å². The summed E-state index contributed by atoms with van der Waals surface area (Å²) in [7, 11) is -3.63. The van der Waals surface area contributed by atoms with Crippen molar-refractivity contribution in [2.75, 3.05) is 37.6 Å². The lowest BCUT2D eigenvalue weighted by atomic mass is 10.1. The average Bonchev–Trinajstić information content (AvgIpc) is 3.06. The molecule has 30 heavy (non-hydrogen) atoms. The number of amides is 1.